The van der Waals surface area contributed by atoms with E-state index in [0.717, 1.165) is 18.8 Å². The van der Waals surface area contributed by atoms with Crippen molar-refractivity contribution in [2.45, 2.75) is 6.10 Å². The van der Waals surface area contributed by atoms with Gasteiger partial charge in [-0.05, 0) is 12.1 Å². The summed E-state index contributed by atoms with van der Waals surface area (Å²) in [7, 11) is 0. The highest BCUT2D eigenvalue weighted by Gasteiger charge is 2.20. The Balaban J connectivity index is 1.75. The molecule has 0 spiro atoms. The number of rotatable bonds is 5. The minimum absolute atomic E-state index is 0.0931. The molecule has 94 valence electrons. The van der Waals surface area contributed by atoms with Crippen molar-refractivity contribution < 1.29 is 14.6 Å². The van der Waals surface area contributed by atoms with Crippen molar-refractivity contribution in [3.63, 3.8) is 0 Å². The second-order valence-corrected chi connectivity index (χ2v) is 4.14. The molecule has 0 aromatic heterocycles. The van der Waals surface area contributed by atoms with Gasteiger partial charge < -0.3 is 14.6 Å². The van der Waals surface area contributed by atoms with Gasteiger partial charge in [0.2, 0.25) is 0 Å². The molecule has 1 aromatic carbocycles. The molecule has 0 amide bonds. The molecule has 17 heavy (non-hydrogen) atoms. The summed E-state index contributed by atoms with van der Waals surface area (Å²) in [6, 6.07) is 9.75. The van der Waals surface area contributed by atoms with E-state index in [9.17, 15) is 0 Å². The van der Waals surface area contributed by atoms with Gasteiger partial charge in [0.15, 0.2) is 0 Å². The standard InChI is InChI=1S/C13H19NO3/c15-8-6-14-7-9-16-13(10-14)11-17-12-4-2-1-3-5-12/h1-5,13,15H,6-11H2. The van der Waals surface area contributed by atoms with Gasteiger partial charge in [0.25, 0.3) is 0 Å². The topological polar surface area (TPSA) is 41.9 Å². The number of benzene rings is 1. The van der Waals surface area contributed by atoms with Gasteiger partial charge in [-0.3, -0.25) is 4.90 Å². The maximum Gasteiger partial charge on any atom is 0.119 e. The average molecular weight is 237 g/mol. The first kappa shape index (κ1) is 12.4. The second-order valence-electron chi connectivity index (χ2n) is 4.14. The monoisotopic (exact) mass is 237 g/mol. The number of β-amino-alcohol motifs (C(OH)–C–C–N with tert-alkyl or cyclic N) is 1. The van der Waals surface area contributed by atoms with E-state index in [0.29, 0.717) is 19.8 Å². The summed E-state index contributed by atoms with van der Waals surface area (Å²) in [5.41, 5.74) is 0. The fourth-order valence-corrected chi connectivity index (χ4v) is 1.93. The fourth-order valence-electron chi connectivity index (χ4n) is 1.93. The zero-order valence-electron chi connectivity index (χ0n) is 9.92. The Morgan fingerprint density at radius 3 is 2.94 bits per heavy atom. The van der Waals surface area contributed by atoms with Crippen LogP contribution in [0.2, 0.25) is 0 Å². The molecule has 1 heterocycles. The van der Waals surface area contributed by atoms with Crippen LogP contribution in [0.25, 0.3) is 0 Å². The van der Waals surface area contributed by atoms with Crippen LogP contribution in [-0.2, 0) is 4.74 Å². The highest BCUT2D eigenvalue weighted by Crippen LogP contribution is 2.11. The lowest BCUT2D eigenvalue weighted by Gasteiger charge is -2.32. The van der Waals surface area contributed by atoms with Crippen LogP contribution in [0.1, 0.15) is 0 Å². The van der Waals surface area contributed by atoms with E-state index < -0.39 is 0 Å². The van der Waals surface area contributed by atoms with Gasteiger partial charge in [0.1, 0.15) is 18.5 Å². The summed E-state index contributed by atoms with van der Waals surface area (Å²) < 4.78 is 11.3. The van der Waals surface area contributed by atoms with Gasteiger partial charge in [-0.2, -0.15) is 0 Å². The Morgan fingerprint density at radius 2 is 2.18 bits per heavy atom. The van der Waals surface area contributed by atoms with Crippen molar-refractivity contribution in [2.75, 3.05) is 39.5 Å². The first-order valence-corrected chi connectivity index (χ1v) is 6.01. The summed E-state index contributed by atoms with van der Waals surface area (Å²) in [4.78, 5) is 2.20. The predicted molar refractivity (Wildman–Crippen MR) is 65.2 cm³/mol. The summed E-state index contributed by atoms with van der Waals surface area (Å²) >= 11 is 0. The molecule has 1 saturated heterocycles. The van der Waals surface area contributed by atoms with Crippen molar-refractivity contribution in [1.29, 1.82) is 0 Å². The minimum atomic E-state index is 0.0931. The molecule has 0 aliphatic carbocycles. The van der Waals surface area contributed by atoms with E-state index in [1.165, 1.54) is 0 Å². The van der Waals surface area contributed by atoms with Crippen LogP contribution >= 0.6 is 0 Å². The smallest absolute Gasteiger partial charge is 0.119 e. The maximum atomic E-state index is 8.90. The van der Waals surface area contributed by atoms with Gasteiger partial charge in [-0.25, -0.2) is 0 Å². The molecule has 4 heteroatoms. The molecular weight excluding hydrogens is 218 g/mol. The first-order valence-electron chi connectivity index (χ1n) is 6.01. The lowest BCUT2D eigenvalue weighted by Crippen LogP contribution is -2.45. The average Bonchev–Trinajstić information content (AvgIpc) is 2.39. The molecular formula is C13H19NO3. The third-order valence-corrected chi connectivity index (χ3v) is 2.82. The summed E-state index contributed by atoms with van der Waals surface area (Å²) in [5, 5.41) is 8.90. The molecule has 1 N–H and O–H groups in total. The number of aliphatic hydroxyl groups is 1. The summed E-state index contributed by atoms with van der Waals surface area (Å²) in [5.74, 6) is 0.871. The molecule has 2 rings (SSSR count). The van der Waals surface area contributed by atoms with E-state index >= 15 is 0 Å². The van der Waals surface area contributed by atoms with Crippen LogP contribution in [0.15, 0.2) is 30.3 Å². The molecule has 1 aliphatic rings. The number of para-hydroxylation sites is 1. The molecule has 1 atom stereocenters. The van der Waals surface area contributed by atoms with Crippen LogP contribution < -0.4 is 4.74 Å². The van der Waals surface area contributed by atoms with Crippen molar-refractivity contribution in [2.24, 2.45) is 0 Å². The van der Waals surface area contributed by atoms with Crippen molar-refractivity contribution in [3.8, 4) is 5.75 Å². The Morgan fingerprint density at radius 1 is 1.35 bits per heavy atom. The van der Waals surface area contributed by atoms with Crippen LogP contribution in [0.3, 0.4) is 0 Å². The molecule has 0 saturated carbocycles. The summed E-state index contributed by atoms with van der Waals surface area (Å²) in [6.45, 7) is 3.90. The Labute approximate surface area is 102 Å². The number of morpholine rings is 1. The van der Waals surface area contributed by atoms with Crippen LogP contribution in [0.5, 0.6) is 5.75 Å². The highest BCUT2D eigenvalue weighted by molar-refractivity contribution is 5.20. The van der Waals surface area contributed by atoms with Crippen LogP contribution in [0.4, 0.5) is 0 Å². The zero-order chi connectivity index (χ0) is 11.9. The second kappa shape index (κ2) is 6.59. The number of hydrogen-bond acceptors (Lipinski definition) is 4. The third kappa shape index (κ3) is 4.00. The van der Waals surface area contributed by atoms with E-state index in [-0.39, 0.29) is 12.7 Å². The van der Waals surface area contributed by atoms with Gasteiger partial charge in [0.05, 0.1) is 13.2 Å². The number of hydrogen-bond donors (Lipinski definition) is 1. The Bertz CT molecular complexity index is 316. The molecule has 4 nitrogen and oxygen atoms in total. The van der Waals surface area contributed by atoms with E-state index in [4.69, 9.17) is 14.6 Å². The SMILES string of the molecule is OCCN1CCOC(COc2ccccc2)C1. The Kier molecular flexibility index (Phi) is 4.79. The lowest BCUT2D eigenvalue weighted by atomic mass is 10.3. The molecule has 0 bridgehead atoms. The normalized spacial score (nSPS) is 21.4. The minimum Gasteiger partial charge on any atom is -0.491 e. The maximum absolute atomic E-state index is 8.90. The van der Waals surface area contributed by atoms with Crippen molar-refractivity contribution >= 4 is 0 Å². The first-order chi connectivity index (χ1) is 8.38. The molecule has 1 aliphatic heterocycles. The zero-order valence-corrected chi connectivity index (χ0v) is 9.92. The molecule has 1 fully saturated rings. The van der Waals surface area contributed by atoms with Crippen molar-refractivity contribution in [3.05, 3.63) is 30.3 Å². The predicted octanol–water partition coefficient (Wildman–Crippen LogP) is 0.758. The third-order valence-electron chi connectivity index (χ3n) is 2.82. The molecule has 0 radical (unpaired) electrons. The lowest BCUT2D eigenvalue weighted by molar-refractivity contribution is -0.0508. The quantitative estimate of drug-likeness (QED) is 0.821. The van der Waals surface area contributed by atoms with Gasteiger partial charge >= 0.3 is 0 Å². The fraction of sp³-hybridized carbons (Fsp3) is 0.538. The van der Waals surface area contributed by atoms with E-state index in [1.54, 1.807) is 0 Å². The largest absolute Gasteiger partial charge is 0.491 e. The Hall–Kier alpha value is -1.10. The van der Waals surface area contributed by atoms with Crippen molar-refractivity contribution in [1.82, 2.24) is 4.90 Å². The van der Waals surface area contributed by atoms with E-state index in [1.807, 2.05) is 30.3 Å². The van der Waals surface area contributed by atoms with Gasteiger partial charge in [-0.15, -0.1) is 0 Å². The number of ether oxygens (including phenoxy) is 2. The van der Waals surface area contributed by atoms with Crippen LogP contribution in [-0.4, -0.2) is 55.6 Å². The highest BCUT2D eigenvalue weighted by atomic mass is 16.5. The van der Waals surface area contributed by atoms with Gasteiger partial charge in [-0.1, -0.05) is 18.2 Å². The van der Waals surface area contributed by atoms with Crippen LogP contribution in [0, 0.1) is 0 Å². The van der Waals surface area contributed by atoms with E-state index in [2.05, 4.69) is 4.90 Å². The van der Waals surface area contributed by atoms with Gasteiger partial charge in [0, 0.05) is 19.6 Å². The molecule has 1 unspecified atom stereocenters. The summed E-state index contributed by atoms with van der Waals surface area (Å²) in [6.07, 6.45) is 0.0931. The number of nitrogens with zero attached hydrogens (tertiary/aromatic N) is 1. The number of aliphatic hydroxyl groups excluding tert-OH is 1. The molecule has 1 aromatic rings.